The molecular weight excluding hydrogens is 343 g/mol. The van der Waals surface area contributed by atoms with Gasteiger partial charge in [0.1, 0.15) is 5.82 Å². The van der Waals surface area contributed by atoms with Crippen LogP contribution in [0.2, 0.25) is 0 Å². The van der Waals surface area contributed by atoms with Gasteiger partial charge in [-0.25, -0.2) is 9.37 Å². The van der Waals surface area contributed by atoms with Gasteiger partial charge < -0.3 is 15.0 Å². The summed E-state index contributed by atoms with van der Waals surface area (Å²) in [5.41, 5.74) is 3.34. The van der Waals surface area contributed by atoms with E-state index in [-0.39, 0.29) is 5.82 Å². The van der Waals surface area contributed by atoms with Crippen LogP contribution in [-0.2, 0) is 6.42 Å². The summed E-state index contributed by atoms with van der Waals surface area (Å²) in [6.07, 6.45) is 2.11. The highest BCUT2D eigenvalue weighted by molar-refractivity contribution is 5.38. The number of aryl methyl sites for hydroxylation is 1. The van der Waals surface area contributed by atoms with Gasteiger partial charge in [0.05, 0.1) is 7.11 Å². The van der Waals surface area contributed by atoms with E-state index in [1.807, 2.05) is 26.1 Å². The summed E-state index contributed by atoms with van der Waals surface area (Å²) in [6, 6.07) is 7.07. The van der Waals surface area contributed by atoms with Gasteiger partial charge in [-0.15, -0.1) is 0 Å². The molecule has 1 aliphatic carbocycles. The summed E-state index contributed by atoms with van der Waals surface area (Å²) in [5, 5.41) is 2.97. The second-order valence-corrected chi connectivity index (χ2v) is 7.70. The molecule has 0 spiro atoms. The molecule has 27 heavy (non-hydrogen) atoms. The summed E-state index contributed by atoms with van der Waals surface area (Å²) >= 11 is 0. The SMILES string of the molecule is CNc1nc(C)c(CCN2CC3CC(c4ccc(F)cc4)C3C2)c(OC)n1. The van der Waals surface area contributed by atoms with E-state index >= 15 is 0 Å². The van der Waals surface area contributed by atoms with Crippen molar-refractivity contribution in [3.8, 4) is 5.88 Å². The number of aromatic nitrogens is 2. The first-order valence-corrected chi connectivity index (χ1v) is 9.66. The number of fused-ring (bicyclic) bond motifs is 1. The normalized spacial score (nSPS) is 24.4. The van der Waals surface area contributed by atoms with Crippen LogP contribution in [0.4, 0.5) is 10.3 Å². The molecule has 1 N–H and O–H groups in total. The Morgan fingerprint density at radius 1 is 1.22 bits per heavy atom. The van der Waals surface area contributed by atoms with Crippen molar-refractivity contribution in [3.63, 3.8) is 0 Å². The number of nitrogens with zero attached hydrogens (tertiary/aromatic N) is 3. The van der Waals surface area contributed by atoms with Crippen LogP contribution in [0.1, 0.15) is 29.2 Å². The number of anilines is 1. The van der Waals surface area contributed by atoms with E-state index in [4.69, 9.17) is 4.74 Å². The van der Waals surface area contributed by atoms with Crippen molar-refractivity contribution in [3.05, 3.63) is 46.9 Å². The van der Waals surface area contributed by atoms with Crippen molar-refractivity contribution in [2.24, 2.45) is 11.8 Å². The molecule has 2 aliphatic rings. The first-order valence-electron chi connectivity index (χ1n) is 9.66. The molecule has 1 saturated heterocycles. The zero-order valence-electron chi connectivity index (χ0n) is 16.2. The van der Waals surface area contributed by atoms with Crippen LogP contribution in [0.3, 0.4) is 0 Å². The molecule has 1 aromatic carbocycles. The van der Waals surface area contributed by atoms with Crippen molar-refractivity contribution in [1.29, 1.82) is 0 Å². The maximum atomic E-state index is 13.2. The summed E-state index contributed by atoms with van der Waals surface area (Å²) in [7, 11) is 3.47. The molecule has 1 aromatic heterocycles. The van der Waals surface area contributed by atoms with Gasteiger partial charge in [-0.3, -0.25) is 0 Å². The molecular formula is C21H27FN4O. The summed E-state index contributed by atoms with van der Waals surface area (Å²) in [4.78, 5) is 11.5. The minimum Gasteiger partial charge on any atom is -0.481 e. The Morgan fingerprint density at radius 2 is 2.00 bits per heavy atom. The molecule has 3 unspecified atom stereocenters. The summed E-state index contributed by atoms with van der Waals surface area (Å²) in [6.45, 7) is 5.27. The molecule has 2 fully saturated rings. The van der Waals surface area contributed by atoms with Crippen LogP contribution < -0.4 is 10.1 Å². The highest BCUT2D eigenvalue weighted by Crippen LogP contribution is 2.51. The Balaban J connectivity index is 1.38. The van der Waals surface area contributed by atoms with Gasteiger partial charge in [-0.2, -0.15) is 4.98 Å². The van der Waals surface area contributed by atoms with Crippen molar-refractivity contribution in [2.75, 3.05) is 39.1 Å². The average Bonchev–Trinajstić information content (AvgIpc) is 2.98. The minimum absolute atomic E-state index is 0.154. The van der Waals surface area contributed by atoms with Gasteiger partial charge in [0.15, 0.2) is 0 Å². The molecule has 4 rings (SSSR count). The predicted octanol–water partition coefficient (Wildman–Crippen LogP) is 3.25. The van der Waals surface area contributed by atoms with Crippen LogP contribution >= 0.6 is 0 Å². The number of methoxy groups -OCH3 is 1. The van der Waals surface area contributed by atoms with Gasteiger partial charge in [0.2, 0.25) is 11.8 Å². The van der Waals surface area contributed by atoms with E-state index in [1.165, 1.54) is 12.0 Å². The van der Waals surface area contributed by atoms with Crippen LogP contribution in [0.25, 0.3) is 0 Å². The monoisotopic (exact) mass is 370 g/mol. The van der Waals surface area contributed by atoms with E-state index in [2.05, 4.69) is 20.2 Å². The Morgan fingerprint density at radius 3 is 2.70 bits per heavy atom. The molecule has 0 amide bonds. The lowest BCUT2D eigenvalue weighted by atomic mass is 9.64. The standard InChI is InChI=1S/C21H27FN4O/c1-13-17(20(27-3)25-21(23-2)24-13)8-9-26-11-15-10-18(19(15)12-26)14-4-6-16(22)7-5-14/h4-7,15,18-19H,8-12H2,1-3H3,(H,23,24,25). The number of halogens is 1. The second-order valence-electron chi connectivity index (χ2n) is 7.70. The number of ether oxygens (including phenoxy) is 1. The number of benzene rings is 1. The fourth-order valence-corrected chi connectivity index (χ4v) is 4.68. The predicted molar refractivity (Wildman–Crippen MR) is 104 cm³/mol. The maximum absolute atomic E-state index is 13.2. The van der Waals surface area contributed by atoms with Crippen LogP contribution in [0.5, 0.6) is 5.88 Å². The number of hydrogen-bond acceptors (Lipinski definition) is 5. The van der Waals surface area contributed by atoms with Crippen molar-refractivity contribution in [2.45, 2.75) is 25.7 Å². The molecule has 2 aromatic rings. The van der Waals surface area contributed by atoms with E-state index in [0.29, 0.717) is 23.7 Å². The summed E-state index contributed by atoms with van der Waals surface area (Å²) < 4.78 is 18.7. The topological polar surface area (TPSA) is 50.3 Å². The average molecular weight is 370 g/mol. The lowest BCUT2D eigenvalue weighted by molar-refractivity contribution is 0.191. The van der Waals surface area contributed by atoms with Gasteiger partial charge in [0.25, 0.3) is 0 Å². The van der Waals surface area contributed by atoms with E-state index in [0.717, 1.165) is 43.2 Å². The molecule has 0 bridgehead atoms. The Labute approximate surface area is 160 Å². The van der Waals surface area contributed by atoms with Gasteiger partial charge >= 0.3 is 0 Å². The molecule has 144 valence electrons. The van der Waals surface area contributed by atoms with Crippen molar-refractivity contribution in [1.82, 2.24) is 14.9 Å². The quantitative estimate of drug-likeness (QED) is 0.846. The molecule has 1 saturated carbocycles. The smallest absolute Gasteiger partial charge is 0.225 e. The maximum Gasteiger partial charge on any atom is 0.225 e. The van der Waals surface area contributed by atoms with Gasteiger partial charge in [-0.1, -0.05) is 12.1 Å². The van der Waals surface area contributed by atoms with Crippen LogP contribution in [-0.4, -0.2) is 48.7 Å². The molecule has 3 atom stereocenters. The molecule has 0 radical (unpaired) electrons. The first kappa shape index (κ1) is 18.2. The summed E-state index contributed by atoms with van der Waals surface area (Å²) in [5.74, 6) is 3.15. The largest absolute Gasteiger partial charge is 0.481 e. The van der Waals surface area contributed by atoms with Gasteiger partial charge in [0, 0.05) is 37.9 Å². The third kappa shape index (κ3) is 3.50. The lowest BCUT2D eigenvalue weighted by Gasteiger charge is -2.40. The second kappa shape index (κ2) is 7.43. The molecule has 5 nitrogen and oxygen atoms in total. The Bertz CT molecular complexity index is 811. The fourth-order valence-electron chi connectivity index (χ4n) is 4.68. The third-order valence-electron chi connectivity index (χ3n) is 6.21. The molecule has 2 heterocycles. The lowest BCUT2D eigenvalue weighted by Crippen LogP contribution is -2.33. The van der Waals surface area contributed by atoms with E-state index in [9.17, 15) is 4.39 Å². The van der Waals surface area contributed by atoms with Crippen molar-refractivity contribution < 1.29 is 9.13 Å². The highest BCUT2D eigenvalue weighted by atomic mass is 19.1. The van der Waals surface area contributed by atoms with Crippen molar-refractivity contribution >= 4 is 5.95 Å². The Kier molecular flexibility index (Phi) is 5.00. The number of likely N-dealkylation sites (tertiary alicyclic amines) is 1. The Hall–Kier alpha value is -2.21. The zero-order valence-corrected chi connectivity index (χ0v) is 16.2. The van der Waals surface area contributed by atoms with Crippen LogP contribution in [0, 0.1) is 24.6 Å². The fraction of sp³-hybridized carbons (Fsp3) is 0.524. The van der Waals surface area contributed by atoms with Crippen LogP contribution in [0.15, 0.2) is 24.3 Å². The van der Waals surface area contributed by atoms with Gasteiger partial charge in [-0.05, 0) is 55.2 Å². The third-order valence-corrected chi connectivity index (χ3v) is 6.21. The minimum atomic E-state index is -0.154. The van der Waals surface area contributed by atoms with E-state index < -0.39 is 0 Å². The van der Waals surface area contributed by atoms with E-state index in [1.54, 1.807) is 19.2 Å². The first-order chi connectivity index (χ1) is 13.1. The zero-order chi connectivity index (χ0) is 19.0. The molecule has 6 heteroatoms. The highest BCUT2D eigenvalue weighted by Gasteiger charge is 2.47. The molecule has 1 aliphatic heterocycles. The number of nitrogens with one attached hydrogen (secondary N) is 1. The number of hydrogen-bond donors (Lipinski definition) is 1. The number of rotatable bonds is 6.